The Labute approximate surface area is 144 Å². The second-order valence-corrected chi connectivity index (χ2v) is 6.90. The van der Waals surface area contributed by atoms with E-state index in [1.807, 2.05) is 27.8 Å². The molecule has 2 N–H and O–H groups in total. The van der Waals surface area contributed by atoms with Crippen LogP contribution in [0.1, 0.15) is 62.4 Å². The van der Waals surface area contributed by atoms with E-state index in [9.17, 15) is 9.59 Å². The van der Waals surface area contributed by atoms with Gasteiger partial charge >= 0.3 is 0 Å². The molecule has 2 amide bonds. The van der Waals surface area contributed by atoms with E-state index < -0.39 is 5.54 Å². The van der Waals surface area contributed by atoms with Gasteiger partial charge in [0.1, 0.15) is 5.54 Å². The summed E-state index contributed by atoms with van der Waals surface area (Å²) in [5.74, 6) is -0.125. The fourth-order valence-corrected chi connectivity index (χ4v) is 3.52. The molecule has 0 aromatic carbocycles. The highest BCUT2D eigenvalue weighted by Crippen LogP contribution is 2.29. The maximum Gasteiger partial charge on any atom is 0.245 e. The van der Waals surface area contributed by atoms with Crippen molar-refractivity contribution in [1.29, 1.82) is 0 Å². The number of amides is 2. The monoisotopic (exact) mass is 334 g/mol. The van der Waals surface area contributed by atoms with Crippen LogP contribution in [0.25, 0.3) is 0 Å². The van der Waals surface area contributed by atoms with Gasteiger partial charge < -0.3 is 10.6 Å². The molecule has 0 saturated heterocycles. The summed E-state index contributed by atoms with van der Waals surface area (Å²) in [5, 5.41) is 10.4. The lowest BCUT2D eigenvalue weighted by molar-refractivity contribution is -0.134. The van der Waals surface area contributed by atoms with Gasteiger partial charge in [-0.2, -0.15) is 5.10 Å². The van der Waals surface area contributed by atoms with Crippen molar-refractivity contribution in [2.45, 2.75) is 71.3 Å². The summed E-state index contributed by atoms with van der Waals surface area (Å²) in [6.07, 6.45) is 5.69. The van der Waals surface area contributed by atoms with E-state index in [1.54, 1.807) is 4.68 Å². The number of nitrogens with one attached hydrogen (secondary N) is 2. The van der Waals surface area contributed by atoms with Crippen molar-refractivity contribution in [3.63, 3.8) is 0 Å². The maximum absolute atomic E-state index is 12.7. The van der Waals surface area contributed by atoms with Crippen LogP contribution >= 0.6 is 0 Å². The van der Waals surface area contributed by atoms with Crippen molar-refractivity contribution >= 4 is 11.8 Å². The van der Waals surface area contributed by atoms with Crippen molar-refractivity contribution in [3.8, 4) is 0 Å². The first-order valence-electron chi connectivity index (χ1n) is 8.98. The highest BCUT2D eigenvalue weighted by Gasteiger charge is 2.40. The molecule has 6 nitrogen and oxygen atoms in total. The molecule has 1 saturated carbocycles. The third-order valence-electron chi connectivity index (χ3n) is 5.05. The highest BCUT2D eigenvalue weighted by atomic mass is 16.2. The van der Waals surface area contributed by atoms with Crippen LogP contribution in [0.4, 0.5) is 0 Å². The van der Waals surface area contributed by atoms with E-state index in [4.69, 9.17) is 0 Å². The van der Waals surface area contributed by atoms with Crippen molar-refractivity contribution in [2.75, 3.05) is 6.54 Å². The fourth-order valence-electron chi connectivity index (χ4n) is 3.52. The van der Waals surface area contributed by atoms with Gasteiger partial charge in [-0.15, -0.1) is 0 Å². The maximum atomic E-state index is 12.7. The average molecular weight is 334 g/mol. The molecule has 0 atom stereocenters. The van der Waals surface area contributed by atoms with Gasteiger partial charge in [-0.05, 0) is 33.1 Å². The number of hydrogen-bond acceptors (Lipinski definition) is 3. The minimum atomic E-state index is -0.742. The normalized spacial score (nSPS) is 16.7. The van der Waals surface area contributed by atoms with Gasteiger partial charge in [0.25, 0.3) is 0 Å². The molecule has 1 heterocycles. The molecule has 1 aromatic rings. The second-order valence-electron chi connectivity index (χ2n) is 6.90. The van der Waals surface area contributed by atoms with Crippen LogP contribution < -0.4 is 10.6 Å². The third kappa shape index (κ3) is 3.97. The van der Waals surface area contributed by atoms with E-state index in [-0.39, 0.29) is 18.2 Å². The average Bonchev–Trinajstić information content (AvgIpc) is 2.79. The molecule has 0 spiro atoms. The number of carbonyl (C=O) groups excluding carboxylic acids is 2. The first-order chi connectivity index (χ1) is 11.4. The lowest BCUT2D eigenvalue weighted by atomic mass is 9.80. The van der Waals surface area contributed by atoms with Crippen LogP contribution in [0.15, 0.2) is 0 Å². The van der Waals surface area contributed by atoms with Crippen LogP contribution in [0, 0.1) is 13.8 Å². The van der Waals surface area contributed by atoms with Gasteiger partial charge in [0.2, 0.25) is 11.8 Å². The van der Waals surface area contributed by atoms with Crippen LogP contribution in [-0.4, -0.2) is 33.7 Å². The van der Waals surface area contributed by atoms with Crippen molar-refractivity contribution in [2.24, 2.45) is 7.05 Å². The van der Waals surface area contributed by atoms with E-state index >= 15 is 0 Å². The Kier molecular flexibility index (Phi) is 6.02. The van der Waals surface area contributed by atoms with Gasteiger partial charge in [0, 0.05) is 24.8 Å². The summed E-state index contributed by atoms with van der Waals surface area (Å²) in [5.41, 5.74) is 2.08. The smallest absolute Gasteiger partial charge is 0.245 e. The quantitative estimate of drug-likeness (QED) is 0.834. The van der Waals surface area contributed by atoms with Crippen LogP contribution in [0.5, 0.6) is 0 Å². The molecule has 24 heavy (non-hydrogen) atoms. The van der Waals surface area contributed by atoms with E-state index in [2.05, 4.69) is 15.7 Å². The van der Waals surface area contributed by atoms with E-state index in [1.165, 1.54) is 0 Å². The number of hydrogen-bond donors (Lipinski definition) is 2. The number of nitrogens with zero attached hydrogens (tertiary/aromatic N) is 2. The number of carbonyl (C=O) groups is 2. The van der Waals surface area contributed by atoms with Gasteiger partial charge in [0.15, 0.2) is 0 Å². The first kappa shape index (κ1) is 18.5. The number of rotatable bonds is 6. The molecule has 1 aromatic heterocycles. The predicted octanol–water partition coefficient (Wildman–Crippen LogP) is 1.92. The van der Waals surface area contributed by atoms with Gasteiger partial charge in [-0.3, -0.25) is 14.3 Å². The molecule has 0 radical (unpaired) electrons. The summed E-state index contributed by atoms with van der Waals surface area (Å²) in [4.78, 5) is 25.3. The van der Waals surface area contributed by atoms with Gasteiger partial charge in [0.05, 0.1) is 12.1 Å². The molecule has 1 fully saturated rings. The molecule has 0 unspecified atom stereocenters. The summed E-state index contributed by atoms with van der Waals surface area (Å²) in [7, 11) is 1.88. The Morgan fingerprint density at radius 2 is 1.88 bits per heavy atom. The lowest BCUT2D eigenvalue weighted by Crippen LogP contribution is -2.60. The fraction of sp³-hybridized carbons (Fsp3) is 0.722. The Morgan fingerprint density at radius 3 is 2.42 bits per heavy atom. The van der Waals surface area contributed by atoms with Crippen molar-refractivity contribution in [3.05, 3.63) is 17.0 Å². The SMILES string of the molecule is CCCNC(=O)C1(NC(=O)Cc2c(C)nn(C)c2C)CCCCC1. The predicted molar refractivity (Wildman–Crippen MR) is 93.6 cm³/mol. The minimum absolute atomic E-state index is 0.0305. The second kappa shape index (κ2) is 7.81. The van der Waals surface area contributed by atoms with Crippen LogP contribution in [0.2, 0.25) is 0 Å². The minimum Gasteiger partial charge on any atom is -0.354 e. The van der Waals surface area contributed by atoms with E-state index in [0.29, 0.717) is 6.54 Å². The highest BCUT2D eigenvalue weighted by molar-refractivity contribution is 5.92. The van der Waals surface area contributed by atoms with Gasteiger partial charge in [-0.25, -0.2) is 0 Å². The molecule has 0 aliphatic heterocycles. The van der Waals surface area contributed by atoms with E-state index in [0.717, 1.165) is 55.5 Å². The molecule has 1 aliphatic carbocycles. The molecule has 0 bridgehead atoms. The van der Waals surface area contributed by atoms with Crippen LogP contribution in [-0.2, 0) is 23.1 Å². The zero-order chi connectivity index (χ0) is 17.7. The third-order valence-corrected chi connectivity index (χ3v) is 5.05. The van der Waals surface area contributed by atoms with Crippen molar-refractivity contribution in [1.82, 2.24) is 20.4 Å². The standard InChI is InChI=1S/C18H30N4O2/c1-5-11-19-17(24)18(9-7-6-8-10-18)20-16(23)12-15-13(2)21-22(4)14(15)3/h5-12H2,1-4H3,(H,19,24)(H,20,23). The Balaban J connectivity index is 2.11. The first-order valence-corrected chi connectivity index (χ1v) is 8.98. The Morgan fingerprint density at radius 1 is 1.21 bits per heavy atom. The van der Waals surface area contributed by atoms with Gasteiger partial charge in [-0.1, -0.05) is 26.2 Å². The van der Waals surface area contributed by atoms with Crippen LogP contribution in [0.3, 0.4) is 0 Å². The topological polar surface area (TPSA) is 76.0 Å². The Hall–Kier alpha value is -1.85. The zero-order valence-electron chi connectivity index (χ0n) is 15.4. The zero-order valence-corrected chi connectivity index (χ0v) is 15.4. The number of aromatic nitrogens is 2. The Bertz CT molecular complexity index is 600. The summed E-state index contributed by atoms with van der Waals surface area (Å²) < 4.78 is 1.79. The largest absolute Gasteiger partial charge is 0.354 e. The molecule has 2 rings (SSSR count). The molecule has 134 valence electrons. The molecular formula is C18H30N4O2. The summed E-state index contributed by atoms with van der Waals surface area (Å²) in [6.45, 7) is 6.56. The molecule has 1 aliphatic rings. The summed E-state index contributed by atoms with van der Waals surface area (Å²) >= 11 is 0. The molecular weight excluding hydrogens is 304 g/mol. The van der Waals surface area contributed by atoms with Crippen molar-refractivity contribution < 1.29 is 9.59 Å². The summed E-state index contributed by atoms with van der Waals surface area (Å²) in [6, 6.07) is 0. The lowest BCUT2D eigenvalue weighted by Gasteiger charge is -2.36. The molecule has 6 heteroatoms. The number of aryl methyl sites for hydroxylation is 2.